The third-order valence-electron chi connectivity index (χ3n) is 1.33. The first-order valence-corrected chi connectivity index (χ1v) is 4.01. The van der Waals surface area contributed by atoms with Gasteiger partial charge < -0.3 is 4.57 Å². The number of halogens is 1. The minimum absolute atomic E-state index is 0.703. The summed E-state index contributed by atoms with van der Waals surface area (Å²) in [6.07, 6.45) is 1.94. The summed E-state index contributed by atoms with van der Waals surface area (Å²) in [6.45, 7) is 0. The highest BCUT2D eigenvalue weighted by molar-refractivity contribution is 9.08. The van der Waals surface area contributed by atoms with Crippen LogP contribution in [0.2, 0.25) is 0 Å². The van der Waals surface area contributed by atoms with Crippen LogP contribution in [-0.2, 0) is 12.4 Å². The van der Waals surface area contributed by atoms with E-state index in [2.05, 4.69) is 22.0 Å². The lowest BCUT2D eigenvalue weighted by atomic mass is 10.3. The molecular formula is C7H7BrN2. The minimum atomic E-state index is 0.703. The molecular weight excluding hydrogens is 192 g/mol. The van der Waals surface area contributed by atoms with Gasteiger partial charge in [0, 0.05) is 18.6 Å². The van der Waals surface area contributed by atoms with Crippen LogP contribution in [0, 0.1) is 11.3 Å². The molecule has 52 valence electrons. The first-order chi connectivity index (χ1) is 4.77. The van der Waals surface area contributed by atoms with Crippen molar-refractivity contribution in [2.24, 2.45) is 7.05 Å². The van der Waals surface area contributed by atoms with Crippen molar-refractivity contribution in [1.29, 1.82) is 5.26 Å². The quantitative estimate of drug-likeness (QED) is 0.633. The fraction of sp³-hybridized carbons (Fsp3) is 0.286. The Kier molecular flexibility index (Phi) is 2.13. The Morgan fingerprint density at radius 2 is 2.50 bits per heavy atom. The molecule has 0 amide bonds. The average molecular weight is 199 g/mol. The van der Waals surface area contributed by atoms with Crippen molar-refractivity contribution in [1.82, 2.24) is 4.57 Å². The summed E-state index contributed by atoms with van der Waals surface area (Å²) in [5.74, 6) is 0. The molecule has 1 aromatic rings. The maximum atomic E-state index is 8.54. The number of nitrogens with zero attached hydrogens (tertiary/aromatic N) is 2. The molecule has 1 heterocycles. The molecule has 0 N–H and O–H groups in total. The van der Waals surface area contributed by atoms with E-state index in [4.69, 9.17) is 5.26 Å². The fourth-order valence-corrected chi connectivity index (χ4v) is 1.12. The van der Waals surface area contributed by atoms with E-state index in [1.807, 2.05) is 23.9 Å². The summed E-state index contributed by atoms with van der Waals surface area (Å²) in [4.78, 5) is 0. The highest BCUT2D eigenvalue weighted by atomic mass is 79.9. The van der Waals surface area contributed by atoms with E-state index < -0.39 is 0 Å². The highest BCUT2D eigenvalue weighted by Gasteiger charge is 1.98. The van der Waals surface area contributed by atoms with E-state index in [9.17, 15) is 0 Å². The number of nitriles is 1. The SMILES string of the molecule is Cn1cc(CBr)cc1C#N. The predicted molar refractivity (Wildman–Crippen MR) is 42.8 cm³/mol. The van der Waals surface area contributed by atoms with Crippen LogP contribution in [0.15, 0.2) is 12.3 Å². The zero-order valence-corrected chi connectivity index (χ0v) is 7.22. The summed E-state index contributed by atoms with van der Waals surface area (Å²) in [5.41, 5.74) is 1.84. The highest BCUT2D eigenvalue weighted by Crippen LogP contribution is 2.08. The number of hydrogen-bond acceptors (Lipinski definition) is 1. The molecule has 0 unspecified atom stereocenters. The summed E-state index contributed by atoms with van der Waals surface area (Å²) < 4.78 is 1.82. The zero-order chi connectivity index (χ0) is 7.56. The lowest BCUT2D eigenvalue weighted by Crippen LogP contribution is -1.86. The Hall–Kier alpha value is -0.750. The molecule has 10 heavy (non-hydrogen) atoms. The lowest BCUT2D eigenvalue weighted by Gasteiger charge is -1.87. The number of aromatic nitrogens is 1. The van der Waals surface area contributed by atoms with Gasteiger partial charge in [0.15, 0.2) is 0 Å². The molecule has 0 bridgehead atoms. The minimum Gasteiger partial charge on any atom is -0.342 e. The Balaban J connectivity index is 3.07. The Labute approximate surface area is 68.2 Å². The van der Waals surface area contributed by atoms with Crippen molar-refractivity contribution >= 4 is 15.9 Å². The Morgan fingerprint density at radius 1 is 1.80 bits per heavy atom. The molecule has 3 heteroatoms. The average Bonchev–Trinajstić information content (AvgIpc) is 2.30. The topological polar surface area (TPSA) is 28.7 Å². The molecule has 0 saturated carbocycles. The monoisotopic (exact) mass is 198 g/mol. The zero-order valence-electron chi connectivity index (χ0n) is 5.63. The van der Waals surface area contributed by atoms with Crippen molar-refractivity contribution in [2.45, 2.75) is 5.33 Å². The first kappa shape index (κ1) is 7.36. The van der Waals surface area contributed by atoms with Gasteiger partial charge in [-0.15, -0.1) is 0 Å². The molecule has 0 atom stereocenters. The number of rotatable bonds is 1. The normalized spacial score (nSPS) is 9.30. The van der Waals surface area contributed by atoms with Gasteiger partial charge in [-0.2, -0.15) is 5.26 Å². The van der Waals surface area contributed by atoms with E-state index in [0.717, 1.165) is 10.9 Å². The van der Waals surface area contributed by atoms with Crippen molar-refractivity contribution in [3.63, 3.8) is 0 Å². The van der Waals surface area contributed by atoms with Crippen LogP contribution in [-0.4, -0.2) is 4.57 Å². The molecule has 0 aliphatic rings. The van der Waals surface area contributed by atoms with Crippen LogP contribution in [0.3, 0.4) is 0 Å². The summed E-state index contributed by atoms with van der Waals surface area (Å²) in [6, 6.07) is 3.96. The van der Waals surface area contributed by atoms with Crippen molar-refractivity contribution in [3.8, 4) is 6.07 Å². The van der Waals surface area contributed by atoms with Gasteiger partial charge in [0.25, 0.3) is 0 Å². The fourth-order valence-electron chi connectivity index (χ4n) is 0.817. The van der Waals surface area contributed by atoms with Crippen LogP contribution >= 0.6 is 15.9 Å². The number of aryl methyl sites for hydroxylation is 1. The summed E-state index contributed by atoms with van der Waals surface area (Å²) in [7, 11) is 1.87. The van der Waals surface area contributed by atoms with Crippen molar-refractivity contribution < 1.29 is 0 Å². The van der Waals surface area contributed by atoms with Gasteiger partial charge in [-0.3, -0.25) is 0 Å². The van der Waals surface area contributed by atoms with Gasteiger partial charge in [-0.25, -0.2) is 0 Å². The molecule has 2 nitrogen and oxygen atoms in total. The molecule has 0 aliphatic heterocycles. The Bertz CT molecular complexity index is 270. The van der Waals surface area contributed by atoms with E-state index in [1.165, 1.54) is 0 Å². The second-order valence-corrected chi connectivity index (χ2v) is 2.65. The van der Waals surface area contributed by atoms with E-state index in [-0.39, 0.29) is 0 Å². The van der Waals surface area contributed by atoms with Crippen molar-refractivity contribution in [3.05, 3.63) is 23.5 Å². The van der Waals surface area contributed by atoms with E-state index in [0.29, 0.717) is 5.69 Å². The predicted octanol–water partition coefficient (Wildman–Crippen LogP) is 1.79. The van der Waals surface area contributed by atoms with Gasteiger partial charge in [0.2, 0.25) is 0 Å². The van der Waals surface area contributed by atoms with Crippen LogP contribution in [0.1, 0.15) is 11.3 Å². The Morgan fingerprint density at radius 3 is 2.80 bits per heavy atom. The molecule has 0 radical (unpaired) electrons. The first-order valence-electron chi connectivity index (χ1n) is 2.89. The summed E-state index contributed by atoms with van der Waals surface area (Å²) >= 11 is 3.31. The van der Waals surface area contributed by atoms with Gasteiger partial charge in [0.1, 0.15) is 11.8 Å². The maximum absolute atomic E-state index is 8.54. The third kappa shape index (κ3) is 1.22. The number of hydrogen-bond donors (Lipinski definition) is 0. The second kappa shape index (κ2) is 2.89. The molecule has 0 aliphatic carbocycles. The van der Waals surface area contributed by atoms with Crippen LogP contribution in [0.4, 0.5) is 0 Å². The van der Waals surface area contributed by atoms with Crippen molar-refractivity contribution in [2.75, 3.05) is 0 Å². The molecule has 0 fully saturated rings. The molecule has 0 aromatic carbocycles. The molecule has 1 rings (SSSR count). The van der Waals surface area contributed by atoms with Crippen LogP contribution in [0.5, 0.6) is 0 Å². The smallest absolute Gasteiger partial charge is 0.120 e. The van der Waals surface area contributed by atoms with Crippen LogP contribution in [0.25, 0.3) is 0 Å². The van der Waals surface area contributed by atoms with E-state index in [1.54, 1.807) is 0 Å². The number of alkyl halides is 1. The third-order valence-corrected chi connectivity index (χ3v) is 1.98. The van der Waals surface area contributed by atoms with Gasteiger partial charge in [-0.05, 0) is 11.6 Å². The van der Waals surface area contributed by atoms with Crippen LogP contribution < -0.4 is 0 Å². The van der Waals surface area contributed by atoms with Gasteiger partial charge in [-0.1, -0.05) is 15.9 Å². The van der Waals surface area contributed by atoms with E-state index >= 15 is 0 Å². The standard InChI is InChI=1S/C7H7BrN2/c1-10-5-6(3-8)2-7(10)4-9/h2,5H,3H2,1H3. The maximum Gasteiger partial charge on any atom is 0.120 e. The van der Waals surface area contributed by atoms with Gasteiger partial charge in [0.05, 0.1) is 0 Å². The molecule has 1 aromatic heterocycles. The molecule has 0 saturated heterocycles. The lowest BCUT2D eigenvalue weighted by molar-refractivity contribution is 0.905. The summed E-state index contributed by atoms with van der Waals surface area (Å²) in [5, 5.41) is 9.35. The van der Waals surface area contributed by atoms with Gasteiger partial charge >= 0.3 is 0 Å². The molecule has 0 spiro atoms. The largest absolute Gasteiger partial charge is 0.342 e. The second-order valence-electron chi connectivity index (χ2n) is 2.09.